The Morgan fingerprint density at radius 2 is 1.42 bits per heavy atom. The Hall–Kier alpha value is -2.50. The molecule has 6 heteroatoms. The molecular weight excluding hydrogens is 346 g/mol. The zero-order valence-electron chi connectivity index (χ0n) is 12.5. The first-order valence-electron chi connectivity index (χ1n) is 7.15. The van der Waals surface area contributed by atoms with Crippen LogP contribution in [0.2, 0.25) is 5.02 Å². The molecule has 3 rings (SSSR count). The third-order valence-corrected chi connectivity index (χ3v) is 4.93. The van der Waals surface area contributed by atoms with E-state index in [0.717, 1.165) is 0 Å². The summed E-state index contributed by atoms with van der Waals surface area (Å²) < 4.78 is 32.9. The molecule has 0 aliphatic rings. The average Bonchev–Trinajstić information content (AvgIpc) is 2.58. The minimum atomic E-state index is -3.64. The highest BCUT2D eigenvalue weighted by molar-refractivity contribution is 7.92. The molecule has 1 N–H and O–H groups in total. The summed E-state index contributed by atoms with van der Waals surface area (Å²) in [4.78, 5) is 0.151. The van der Waals surface area contributed by atoms with Crippen molar-refractivity contribution in [2.24, 2.45) is 0 Å². The van der Waals surface area contributed by atoms with E-state index < -0.39 is 10.0 Å². The molecule has 24 heavy (non-hydrogen) atoms. The lowest BCUT2D eigenvalue weighted by molar-refractivity contribution is 0.482. The highest BCUT2D eigenvalue weighted by Crippen LogP contribution is 2.29. The number of anilines is 1. The van der Waals surface area contributed by atoms with E-state index in [4.69, 9.17) is 16.3 Å². The standard InChI is InChI=1S/C18H14ClNO3S/c19-17-8-4-5-9-18(17)23-15-10-12-16(13-11-15)24(21,22)20-14-6-2-1-3-7-14/h1-13,20H. The third kappa shape index (κ3) is 3.88. The number of hydrogen-bond acceptors (Lipinski definition) is 3. The van der Waals surface area contributed by atoms with Gasteiger partial charge in [-0.3, -0.25) is 4.72 Å². The lowest BCUT2D eigenvalue weighted by atomic mass is 10.3. The van der Waals surface area contributed by atoms with Gasteiger partial charge in [0.05, 0.1) is 9.92 Å². The van der Waals surface area contributed by atoms with Gasteiger partial charge >= 0.3 is 0 Å². The Kier molecular flexibility index (Phi) is 4.74. The minimum Gasteiger partial charge on any atom is -0.456 e. The van der Waals surface area contributed by atoms with Crippen LogP contribution in [0.5, 0.6) is 11.5 Å². The topological polar surface area (TPSA) is 55.4 Å². The molecule has 0 amide bonds. The van der Waals surface area contributed by atoms with Gasteiger partial charge in [0, 0.05) is 5.69 Å². The van der Waals surface area contributed by atoms with Gasteiger partial charge in [0.25, 0.3) is 10.0 Å². The Labute approximate surface area is 145 Å². The van der Waals surface area contributed by atoms with Crippen LogP contribution in [-0.4, -0.2) is 8.42 Å². The molecule has 0 saturated carbocycles. The van der Waals surface area contributed by atoms with Crippen LogP contribution in [-0.2, 0) is 10.0 Å². The molecule has 0 fully saturated rings. The van der Waals surface area contributed by atoms with Crippen molar-refractivity contribution in [1.82, 2.24) is 0 Å². The van der Waals surface area contributed by atoms with Gasteiger partial charge in [-0.25, -0.2) is 8.42 Å². The van der Waals surface area contributed by atoms with Crippen molar-refractivity contribution >= 4 is 27.3 Å². The molecular formula is C18H14ClNO3S. The van der Waals surface area contributed by atoms with Gasteiger partial charge in [0.1, 0.15) is 11.5 Å². The Bertz CT molecular complexity index is 926. The lowest BCUT2D eigenvalue weighted by Gasteiger charge is -2.10. The molecule has 0 saturated heterocycles. The lowest BCUT2D eigenvalue weighted by Crippen LogP contribution is -2.12. The Balaban J connectivity index is 1.78. The largest absolute Gasteiger partial charge is 0.456 e. The molecule has 3 aromatic carbocycles. The van der Waals surface area contributed by atoms with Crippen LogP contribution < -0.4 is 9.46 Å². The fourth-order valence-corrected chi connectivity index (χ4v) is 3.29. The molecule has 0 unspecified atom stereocenters. The number of rotatable bonds is 5. The fraction of sp³-hybridized carbons (Fsp3) is 0. The SMILES string of the molecule is O=S(=O)(Nc1ccccc1)c1ccc(Oc2ccccc2Cl)cc1. The molecule has 0 heterocycles. The summed E-state index contributed by atoms with van der Waals surface area (Å²) >= 11 is 6.04. The quantitative estimate of drug-likeness (QED) is 0.702. The van der Waals surface area contributed by atoms with Gasteiger partial charge < -0.3 is 4.74 Å². The van der Waals surface area contributed by atoms with Crippen molar-refractivity contribution < 1.29 is 13.2 Å². The van der Waals surface area contributed by atoms with Crippen molar-refractivity contribution in [2.45, 2.75) is 4.90 Å². The number of hydrogen-bond donors (Lipinski definition) is 1. The maximum absolute atomic E-state index is 12.4. The first kappa shape index (κ1) is 16.4. The van der Waals surface area contributed by atoms with Crippen LogP contribution in [0.15, 0.2) is 83.8 Å². The second-order valence-corrected chi connectivity index (χ2v) is 7.07. The van der Waals surface area contributed by atoms with Gasteiger partial charge in [0.15, 0.2) is 0 Å². The second kappa shape index (κ2) is 6.95. The van der Waals surface area contributed by atoms with E-state index in [1.54, 1.807) is 54.6 Å². The van der Waals surface area contributed by atoms with E-state index in [1.807, 2.05) is 12.1 Å². The smallest absolute Gasteiger partial charge is 0.261 e. The molecule has 0 bridgehead atoms. The zero-order valence-corrected chi connectivity index (χ0v) is 14.1. The number of ether oxygens (including phenoxy) is 1. The summed E-state index contributed by atoms with van der Waals surface area (Å²) in [6.45, 7) is 0. The summed E-state index contributed by atoms with van der Waals surface area (Å²) in [5.74, 6) is 1.01. The molecule has 3 aromatic rings. The number of para-hydroxylation sites is 2. The predicted molar refractivity (Wildman–Crippen MR) is 95.2 cm³/mol. The summed E-state index contributed by atoms with van der Waals surface area (Å²) in [7, 11) is -3.64. The van der Waals surface area contributed by atoms with Crippen LogP contribution in [0.3, 0.4) is 0 Å². The molecule has 0 radical (unpaired) electrons. The number of benzene rings is 3. The zero-order chi connectivity index (χ0) is 17.0. The Morgan fingerprint density at radius 1 is 0.792 bits per heavy atom. The van der Waals surface area contributed by atoms with Crippen molar-refractivity contribution in [3.8, 4) is 11.5 Å². The molecule has 4 nitrogen and oxygen atoms in total. The second-order valence-electron chi connectivity index (χ2n) is 4.98. The van der Waals surface area contributed by atoms with Gasteiger partial charge in [0.2, 0.25) is 0 Å². The fourth-order valence-electron chi connectivity index (χ4n) is 2.06. The van der Waals surface area contributed by atoms with Gasteiger partial charge in [-0.05, 0) is 48.5 Å². The maximum Gasteiger partial charge on any atom is 0.261 e. The first-order valence-corrected chi connectivity index (χ1v) is 9.01. The van der Waals surface area contributed by atoms with E-state index in [2.05, 4.69) is 4.72 Å². The molecule has 0 aromatic heterocycles. The van der Waals surface area contributed by atoms with E-state index in [1.165, 1.54) is 12.1 Å². The van der Waals surface area contributed by atoms with Crippen molar-refractivity contribution in [2.75, 3.05) is 4.72 Å². The van der Waals surface area contributed by atoms with Gasteiger partial charge in [-0.2, -0.15) is 0 Å². The molecule has 0 spiro atoms. The number of sulfonamides is 1. The molecule has 122 valence electrons. The number of nitrogens with one attached hydrogen (secondary N) is 1. The van der Waals surface area contributed by atoms with Crippen molar-refractivity contribution in [3.05, 3.63) is 83.9 Å². The molecule has 0 atom stereocenters. The van der Waals surface area contributed by atoms with E-state index in [9.17, 15) is 8.42 Å². The molecule has 0 aliphatic heterocycles. The van der Waals surface area contributed by atoms with Gasteiger partial charge in [-0.1, -0.05) is 41.9 Å². The highest BCUT2D eigenvalue weighted by Gasteiger charge is 2.14. The first-order chi connectivity index (χ1) is 11.5. The summed E-state index contributed by atoms with van der Waals surface area (Å²) in [5, 5.41) is 0.486. The minimum absolute atomic E-state index is 0.151. The summed E-state index contributed by atoms with van der Waals surface area (Å²) in [6.07, 6.45) is 0. The van der Waals surface area contributed by atoms with E-state index in [0.29, 0.717) is 22.2 Å². The summed E-state index contributed by atoms with van der Waals surface area (Å²) in [5.41, 5.74) is 0.508. The van der Waals surface area contributed by atoms with Crippen LogP contribution in [0.1, 0.15) is 0 Å². The summed E-state index contributed by atoms with van der Waals surface area (Å²) in [6, 6.07) is 21.9. The van der Waals surface area contributed by atoms with Crippen LogP contribution >= 0.6 is 11.6 Å². The third-order valence-electron chi connectivity index (χ3n) is 3.22. The Morgan fingerprint density at radius 3 is 2.08 bits per heavy atom. The molecule has 0 aliphatic carbocycles. The van der Waals surface area contributed by atoms with Crippen LogP contribution in [0.25, 0.3) is 0 Å². The highest BCUT2D eigenvalue weighted by atomic mass is 35.5. The van der Waals surface area contributed by atoms with Crippen LogP contribution in [0, 0.1) is 0 Å². The average molecular weight is 360 g/mol. The van der Waals surface area contributed by atoms with Crippen molar-refractivity contribution in [1.29, 1.82) is 0 Å². The van der Waals surface area contributed by atoms with E-state index >= 15 is 0 Å². The van der Waals surface area contributed by atoms with Gasteiger partial charge in [-0.15, -0.1) is 0 Å². The van der Waals surface area contributed by atoms with E-state index in [-0.39, 0.29) is 4.90 Å². The normalized spacial score (nSPS) is 11.0. The maximum atomic E-state index is 12.4. The van der Waals surface area contributed by atoms with Crippen molar-refractivity contribution in [3.63, 3.8) is 0 Å². The monoisotopic (exact) mass is 359 g/mol. The van der Waals surface area contributed by atoms with Crippen LogP contribution in [0.4, 0.5) is 5.69 Å². The number of halogens is 1. The predicted octanol–water partition coefficient (Wildman–Crippen LogP) is 4.93.